The molecule has 0 radical (unpaired) electrons. The van der Waals surface area contributed by atoms with Gasteiger partial charge in [-0.05, 0) is 50.1 Å². The zero-order valence-electron chi connectivity index (χ0n) is 26.6. The van der Waals surface area contributed by atoms with Crippen LogP contribution >= 0.6 is 0 Å². The van der Waals surface area contributed by atoms with Crippen molar-refractivity contribution in [2.75, 3.05) is 32.7 Å². The Morgan fingerprint density at radius 3 is 2.17 bits per heavy atom. The van der Waals surface area contributed by atoms with Gasteiger partial charge in [0.15, 0.2) is 6.29 Å². The zero-order valence-corrected chi connectivity index (χ0v) is 26.6. The van der Waals surface area contributed by atoms with Gasteiger partial charge in [-0.3, -0.25) is 19.2 Å². The number of fused-ring (bicyclic) bond motifs is 1. The molecule has 0 atom stereocenters. The largest absolute Gasteiger partial charge is 0.365 e. The van der Waals surface area contributed by atoms with Crippen LogP contribution in [0.25, 0.3) is 10.9 Å². The molecule has 0 aliphatic carbocycles. The van der Waals surface area contributed by atoms with Gasteiger partial charge < -0.3 is 25.4 Å². The van der Waals surface area contributed by atoms with Crippen LogP contribution in [0.5, 0.6) is 0 Å². The summed E-state index contributed by atoms with van der Waals surface area (Å²) in [6, 6.07) is 11.9. The quantitative estimate of drug-likeness (QED) is 0.191. The third-order valence-corrected chi connectivity index (χ3v) is 7.21. The molecule has 1 saturated heterocycles. The first kappa shape index (κ1) is 36.8. The number of nitrogens with one attached hydrogen (secondary N) is 3. The maximum Gasteiger partial charge on any atom is 0.253 e. The Hall–Kier alpha value is -5.43. The van der Waals surface area contributed by atoms with E-state index in [0.29, 0.717) is 62.1 Å². The van der Waals surface area contributed by atoms with Gasteiger partial charge in [0, 0.05) is 80.7 Å². The topological polar surface area (TPSA) is 115 Å². The molecule has 10 heteroatoms. The third kappa shape index (κ3) is 10.3. The van der Waals surface area contributed by atoms with Crippen molar-refractivity contribution in [2.24, 2.45) is 0 Å². The number of hydrogen-bond donors (Lipinski definition) is 3. The van der Waals surface area contributed by atoms with E-state index in [0.717, 1.165) is 12.1 Å². The number of rotatable bonds is 6. The van der Waals surface area contributed by atoms with Crippen LogP contribution in [0, 0.1) is 18.7 Å². The van der Waals surface area contributed by atoms with Gasteiger partial charge in [0.1, 0.15) is 5.82 Å². The fourth-order valence-electron chi connectivity index (χ4n) is 4.67. The number of carbonyl (C=O) groups is 4. The lowest BCUT2D eigenvalue weighted by Gasteiger charge is -2.34. The third-order valence-electron chi connectivity index (χ3n) is 7.21. The average Bonchev–Trinajstić information content (AvgIpc) is 3.72. The van der Waals surface area contributed by atoms with Gasteiger partial charge in [0.05, 0.1) is 11.1 Å². The highest BCUT2D eigenvalue weighted by Gasteiger charge is 2.23. The van der Waals surface area contributed by atoms with Gasteiger partial charge in [-0.2, -0.15) is 0 Å². The number of amides is 3. The number of H-pyrrole nitrogens is 1. The predicted octanol–water partition coefficient (Wildman–Crippen LogP) is 5.45. The van der Waals surface area contributed by atoms with Crippen molar-refractivity contribution in [3.8, 4) is 12.8 Å². The maximum absolute atomic E-state index is 13.9. The second-order valence-electron chi connectivity index (χ2n) is 10.3. The molecule has 0 spiro atoms. The first-order chi connectivity index (χ1) is 22.2. The van der Waals surface area contributed by atoms with Crippen LogP contribution in [-0.2, 0) is 4.79 Å². The number of terminal acetylenes is 1. The SMILES string of the molecule is C#C.C/C=C\C.C=C1CC(CCNC(=O)c2ccc(F)c3c(C=O)c[nH]c23)=CN1.CC(=O)N1CCN(C(=O)c2ccccc2)CC1. The van der Waals surface area contributed by atoms with Gasteiger partial charge >= 0.3 is 0 Å². The van der Waals surface area contributed by atoms with E-state index in [-0.39, 0.29) is 28.7 Å². The van der Waals surface area contributed by atoms with E-state index in [1.54, 1.807) is 16.7 Å². The number of nitrogens with zero attached hydrogens (tertiary/aromatic N) is 2. The second-order valence-corrected chi connectivity index (χ2v) is 10.3. The van der Waals surface area contributed by atoms with Crippen LogP contribution < -0.4 is 10.6 Å². The Kier molecular flexibility index (Phi) is 15.2. The summed E-state index contributed by atoms with van der Waals surface area (Å²) in [5, 5.41) is 5.99. The van der Waals surface area contributed by atoms with E-state index < -0.39 is 5.82 Å². The number of aromatic nitrogens is 1. The lowest BCUT2D eigenvalue weighted by atomic mass is 10.1. The van der Waals surface area contributed by atoms with Crippen LogP contribution in [-0.4, -0.2) is 71.5 Å². The van der Waals surface area contributed by atoms with Gasteiger partial charge in [-0.25, -0.2) is 4.39 Å². The molecular weight excluding hydrogens is 585 g/mol. The van der Waals surface area contributed by atoms with Crippen LogP contribution in [0.2, 0.25) is 0 Å². The molecule has 0 saturated carbocycles. The number of carbonyl (C=O) groups excluding carboxylic acids is 4. The lowest BCUT2D eigenvalue weighted by molar-refractivity contribution is -0.130. The monoisotopic (exact) mass is 627 g/mol. The summed E-state index contributed by atoms with van der Waals surface area (Å²) in [6.07, 6.45) is 17.4. The van der Waals surface area contributed by atoms with Crippen molar-refractivity contribution in [3.63, 3.8) is 0 Å². The number of allylic oxidation sites excluding steroid dienone is 3. The van der Waals surface area contributed by atoms with Crippen molar-refractivity contribution in [3.05, 3.63) is 107 Å². The van der Waals surface area contributed by atoms with Gasteiger partial charge in [-0.1, -0.05) is 36.9 Å². The molecule has 5 rings (SSSR count). The number of aromatic amines is 1. The standard InChI is InChI=1S/C17H16FN3O2.C13H16N2O2.C4H8.C2H2/c1-10-6-11(7-20-10)4-5-19-17(23)13-2-3-14(18)15-12(9-22)8-21-16(13)15;1-11(16)14-7-9-15(10-8-14)13(17)12-5-3-2-4-6-12;1-3-4-2;1-2/h2-3,7-9,20-21H,1,4-6H2,(H,19,23);2-6H,7-10H2,1H3;3-4H,1-2H3;1-2H/b;;4-3-;. The molecule has 1 aromatic heterocycles. The number of halogens is 1. The molecule has 46 heavy (non-hydrogen) atoms. The highest BCUT2D eigenvalue weighted by atomic mass is 19.1. The molecule has 2 aliphatic rings. The molecule has 1 fully saturated rings. The summed E-state index contributed by atoms with van der Waals surface area (Å²) in [7, 11) is 0. The molecule has 3 N–H and O–H groups in total. The van der Waals surface area contributed by atoms with Crippen molar-refractivity contribution in [1.29, 1.82) is 0 Å². The predicted molar refractivity (Wildman–Crippen MR) is 181 cm³/mol. The molecule has 0 unspecified atom stereocenters. The maximum atomic E-state index is 13.9. The molecule has 242 valence electrons. The summed E-state index contributed by atoms with van der Waals surface area (Å²) >= 11 is 0. The van der Waals surface area contributed by atoms with Crippen molar-refractivity contribution in [1.82, 2.24) is 25.4 Å². The highest BCUT2D eigenvalue weighted by molar-refractivity contribution is 6.09. The summed E-state index contributed by atoms with van der Waals surface area (Å²) in [4.78, 5) is 52.9. The lowest BCUT2D eigenvalue weighted by Crippen LogP contribution is -2.50. The molecule has 3 aromatic rings. The van der Waals surface area contributed by atoms with Crippen LogP contribution in [0.15, 0.2) is 84.9 Å². The van der Waals surface area contributed by atoms with Crippen LogP contribution in [0.4, 0.5) is 4.39 Å². The number of hydrogen-bond acceptors (Lipinski definition) is 5. The summed E-state index contributed by atoms with van der Waals surface area (Å²) in [5.74, 6) is -0.703. The van der Waals surface area contributed by atoms with Gasteiger partial charge in [0.25, 0.3) is 11.8 Å². The molecule has 2 aliphatic heterocycles. The fraction of sp³-hybridized carbons (Fsp3) is 0.278. The Labute approximate surface area is 270 Å². The minimum Gasteiger partial charge on any atom is -0.365 e. The van der Waals surface area contributed by atoms with Gasteiger partial charge in [-0.15, -0.1) is 12.8 Å². The first-order valence-corrected chi connectivity index (χ1v) is 14.9. The van der Waals surface area contributed by atoms with Gasteiger partial charge in [0.2, 0.25) is 5.91 Å². The minimum absolute atomic E-state index is 0.0498. The summed E-state index contributed by atoms with van der Waals surface area (Å²) in [6.45, 7) is 12.4. The van der Waals surface area contributed by atoms with Crippen molar-refractivity contribution in [2.45, 2.75) is 33.6 Å². The van der Waals surface area contributed by atoms with Crippen LogP contribution in [0.1, 0.15) is 64.7 Å². The van der Waals surface area contributed by atoms with E-state index in [1.807, 2.05) is 62.5 Å². The Morgan fingerprint density at radius 1 is 1.00 bits per heavy atom. The summed E-state index contributed by atoms with van der Waals surface area (Å²) in [5.41, 5.74) is 3.68. The fourth-order valence-corrected chi connectivity index (χ4v) is 4.67. The Morgan fingerprint density at radius 2 is 1.63 bits per heavy atom. The molecule has 2 aromatic carbocycles. The average molecular weight is 628 g/mol. The van der Waals surface area contributed by atoms with E-state index in [9.17, 15) is 23.6 Å². The van der Waals surface area contributed by atoms with E-state index >= 15 is 0 Å². The van der Waals surface area contributed by atoms with Crippen molar-refractivity contribution < 1.29 is 23.6 Å². The Bertz CT molecular complexity index is 1580. The second kappa shape index (κ2) is 19.1. The minimum atomic E-state index is -0.527. The van der Waals surface area contributed by atoms with E-state index in [1.165, 1.54) is 23.9 Å². The normalized spacial score (nSPS) is 13.6. The van der Waals surface area contributed by atoms with E-state index in [2.05, 4.69) is 35.0 Å². The molecule has 3 amide bonds. The number of piperazine rings is 1. The molecule has 9 nitrogen and oxygen atoms in total. The smallest absolute Gasteiger partial charge is 0.253 e. The zero-order chi connectivity index (χ0) is 34.1. The van der Waals surface area contributed by atoms with Crippen LogP contribution in [0.3, 0.4) is 0 Å². The Balaban J connectivity index is 0.000000282. The van der Waals surface area contributed by atoms with E-state index in [4.69, 9.17) is 0 Å². The highest BCUT2D eigenvalue weighted by Crippen LogP contribution is 2.24. The number of aldehydes is 1. The first-order valence-electron chi connectivity index (χ1n) is 14.9. The van der Waals surface area contributed by atoms with Crippen molar-refractivity contribution >= 4 is 34.9 Å². The number of benzene rings is 2. The molecular formula is C36H42FN5O4. The molecule has 0 bridgehead atoms. The molecule has 3 heterocycles. The summed E-state index contributed by atoms with van der Waals surface area (Å²) < 4.78 is 13.9.